The second-order valence-corrected chi connectivity index (χ2v) is 7.87. The highest BCUT2D eigenvalue weighted by atomic mass is 35.5. The van der Waals surface area contributed by atoms with Crippen LogP contribution in [0.1, 0.15) is 21.6 Å². The van der Waals surface area contributed by atoms with Crippen LogP contribution in [-0.2, 0) is 22.5 Å². The SMILES string of the molecule is CN1CCc2nc3ccccc3c(C(=O)OCC(=O)Nc3ncc(Cl)cc3Cl)c2C1. The van der Waals surface area contributed by atoms with Crippen LogP contribution in [0.4, 0.5) is 5.82 Å². The van der Waals surface area contributed by atoms with Gasteiger partial charge in [0.2, 0.25) is 0 Å². The number of aromatic nitrogens is 2. The summed E-state index contributed by atoms with van der Waals surface area (Å²) in [5.41, 5.74) is 2.92. The molecule has 0 saturated carbocycles. The largest absolute Gasteiger partial charge is 0.452 e. The minimum absolute atomic E-state index is 0.149. The van der Waals surface area contributed by atoms with Crippen molar-refractivity contribution in [3.05, 3.63) is 63.4 Å². The fraction of sp³-hybridized carbons (Fsp3) is 0.238. The first-order valence-corrected chi connectivity index (χ1v) is 10.0. The molecule has 30 heavy (non-hydrogen) atoms. The molecule has 154 valence electrons. The predicted molar refractivity (Wildman–Crippen MR) is 115 cm³/mol. The number of rotatable bonds is 4. The van der Waals surface area contributed by atoms with Crippen LogP contribution in [0.15, 0.2) is 36.5 Å². The van der Waals surface area contributed by atoms with Crippen LogP contribution in [0, 0.1) is 0 Å². The van der Waals surface area contributed by atoms with E-state index in [0.29, 0.717) is 22.5 Å². The fourth-order valence-electron chi connectivity index (χ4n) is 3.44. The van der Waals surface area contributed by atoms with Crippen LogP contribution >= 0.6 is 23.2 Å². The van der Waals surface area contributed by atoms with Gasteiger partial charge in [-0.25, -0.2) is 9.78 Å². The number of nitrogens with zero attached hydrogens (tertiary/aromatic N) is 3. The number of carbonyl (C=O) groups is 2. The summed E-state index contributed by atoms with van der Waals surface area (Å²) in [4.78, 5) is 36.0. The summed E-state index contributed by atoms with van der Waals surface area (Å²) in [6.07, 6.45) is 2.11. The van der Waals surface area contributed by atoms with Crippen LogP contribution < -0.4 is 5.32 Å². The first kappa shape index (κ1) is 20.5. The quantitative estimate of drug-likeness (QED) is 0.617. The standard InChI is InChI=1S/C21H18Cl2N4O3/c1-27-7-6-17-14(10-27)19(13-4-2-3-5-16(13)25-17)21(29)30-11-18(28)26-20-15(23)8-12(22)9-24-20/h2-5,8-9H,6-7,10-11H2,1H3,(H,24,26,28). The van der Waals surface area contributed by atoms with Crippen molar-refractivity contribution in [1.29, 1.82) is 0 Å². The predicted octanol–water partition coefficient (Wildman–Crippen LogP) is 3.72. The molecular formula is C21H18Cl2N4O3. The molecule has 2 aromatic heterocycles. The summed E-state index contributed by atoms with van der Waals surface area (Å²) in [5.74, 6) is -0.967. The Balaban J connectivity index is 1.56. The van der Waals surface area contributed by atoms with Crippen molar-refractivity contribution in [2.45, 2.75) is 13.0 Å². The van der Waals surface area contributed by atoms with Gasteiger partial charge in [-0.05, 0) is 19.2 Å². The van der Waals surface area contributed by atoms with Crippen molar-refractivity contribution in [3.8, 4) is 0 Å². The number of esters is 1. The molecule has 1 amide bonds. The molecule has 0 aliphatic carbocycles. The highest BCUT2D eigenvalue weighted by molar-refractivity contribution is 6.36. The molecule has 1 N–H and O–H groups in total. The second kappa shape index (κ2) is 8.55. The van der Waals surface area contributed by atoms with Crippen LogP contribution in [0.3, 0.4) is 0 Å². The van der Waals surface area contributed by atoms with Gasteiger partial charge in [0.25, 0.3) is 5.91 Å². The zero-order chi connectivity index (χ0) is 21.3. The number of halogens is 2. The average Bonchev–Trinajstić information content (AvgIpc) is 2.72. The Morgan fingerprint density at radius 1 is 1.27 bits per heavy atom. The van der Waals surface area contributed by atoms with Crippen LogP contribution in [0.2, 0.25) is 10.0 Å². The molecule has 4 rings (SSSR count). The zero-order valence-corrected chi connectivity index (χ0v) is 17.6. The summed E-state index contributed by atoms with van der Waals surface area (Å²) in [5, 5.41) is 3.76. The molecule has 1 aliphatic heterocycles. The monoisotopic (exact) mass is 444 g/mol. The summed E-state index contributed by atoms with van der Waals surface area (Å²) in [6, 6.07) is 8.89. The lowest BCUT2D eigenvalue weighted by atomic mass is 9.96. The van der Waals surface area contributed by atoms with E-state index < -0.39 is 18.5 Å². The third-order valence-corrected chi connectivity index (χ3v) is 5.34. The molecule has 0 unspecified atom stereocenters. The first-order chi connectivity index (χ1) is 14.4. The Labute approximate surface area is 183 Å². The summed E-state index contributed by atoms with van der Waals surface area (Å²) >= 11 is 11.8. The molecule has 0 atom stereocenters. The highest BCUT2D eigenvalue weighted by Gasteiger charge is 2.25. The molecule has 0 spiro atoms. The molecule has 1 aromatic carbocycles. The second-order valence-electron chi connectivity index (χ2n) is 7.03. The van der Waals surface area contributed by atoms with Gasteiger partial charge in [0.1, 0.15) is 0 Å². The van der Waals surface area contributed by atoms with E-state index in [4.69, 9.17) is 32.9 Å². The maximum Gasteiger partial charge on any atom is 0.339 e. The van der Waals surface area contributed by atoms with Gasteiger partial charge in [0.15, 0.2) is 12.4 Å². The number of hydrogen-bond acceptors (Lipinski definition) is 6. The number of nitrogens with one attached hydrogen (secondary N) is 1. The highest BCUT2D eigenvalue weighted by Crippen LogP contribution is 2.28. The van der Waals surface area contributed by atoms with E-state index in [-0.39, 0.29) is 10.8 Å². The van der Waals surface area contributed by atoms with Crippen LogP contribution in [0.25, 0.3) is 10.9 Å². The van der Waals surface area contributed by atoms with Crippen molar-refractivity contribution in [3.63, 3.8) is 0 Å². The number of likely N-dealkylation sites (N-methyl/N-ethyl adjacent to an activating group) is 1. The van der Waals surface area contributed by atoms with E-state index in [0.717, 1.165) is 29.7 Å². The Kier molecular flexibility index (Phi) is 5.85. The van der Waals surface area contributed by atoms with Crippen LogP contribution in [-0.4, -0.2) is 46.9 Å². The number of amides is 1. The normalized spacial score (nSPS) is 13.7. The number of ether oxygens (including phenoxy) is 1. The number of carbonyl (C=O) groups excluding carboxylic acids is 2. The van der Waals surface area contributed by atoms with Gasteiger partial charge in [-0.1, -0.05) is 41.4 Å². The average molecular weight is 445 g/mol. The molecule has 7 nitrogen and oxygen atoms in total. The minimum atomic E-state index is -0.564. The fourth-order valence-corrected chi connectivity index (χ4v) is 3.86. The molecule has 3 aromatic rings. The zero-order valence-electron chi connectivity index (χ0n) is 16.1. The van der Waals surface area contributed by atoms with Crippen LogP contribution in [0.5, 0.6) is 0 Å². The molecule has 0 fully saturated rings. The first-order valence-electron chi connectivity index (χ1n) is 9.29. The van der Waals surface area contributed by atoms with E-state index in [1.54, 1.807) is 0 Å². The smallest absolute Gasteiger partial charge is 0.339 e. The Bertz CT molecular complexity index is 1150. The number of benzene rings is 1. The molecule has 0 saturated heterocycles. The molecule has 0 radical (unpaired) electrons. The summed E-state index contributed by atoms with van der Waals surface area (Å²) in [6.45, 7) is 0.985. The topological polar surface area (TPSA) is 84.4 Å². The maximum absolute atomic E-state index is 13.0. The van der Waals surface area contributed by atoms with Gasteiger partial charge in [-0.15, -0.1) is 0 Å². The molecule has 1 aliphatic rings. The number of pyridine rings is 2. The van der Waals surface area contributed by atoms with Gasteiger partial charge in [-0.3, -0.25) is 9.78 Å². The van der Waals surface area contributed by atoms with E-state index in [2.05, 4.69) is 15.2 Å². The Morgan fingerprint density at radius 2 is 2.07 bits per heavy atom. The van der Waals surface area contributed by atoms with Gasteiger partial charge >= 0.3 is 5.97 Å². The third-order valence-electron chi connectivity index (χ3n) is 4.84. The minimum Gasteiger partial charge on any atom is -0.452 e. The third kappa shape index (κ3) is 4.23. The van der Waals surface area contributed by atoms with E-state index in [9.17, 15) is 9.59 Å². The van der Waals surface area contributed by atoms with Crippen molar-refractivity contribution in [2.24, 2.45) is 0 Å². The number of hydrogen-bond donors (Lipinski definition) is 1. The van der Waals surface area contributed by atoms with Crippen molar-refractivity contribution in [2.75, 3.05) is 25.5 Å². The number of para-hydroxylation sites is 1. The van der Waals surface area contributed by atoms with Crippen molar-refractivity contribution >= 4 is 51.8 Å². The van der Waals surface area contributed by atoms with E-state index in [1.807, 2.05) is 31.3 Å². The summed E-state index contributed by atoms with van der Waals surface area (Å²) < 4.78 is 5.34. The van der Waals surface area contributed by atoms with Gasteiger partial charge in [0.05, 0.1) is 21.1 Å². The van der Waals surface area contributed by atoms with Gasteiger partial charge in [-0.2, -0.15) is 0 Å². The molecule has 9 heteroatoms. The lowest BCUT2D eigenvalue weighted by molar-refractivity contribution is -0.119. The lowest BCUT2D eigenvalue weighted by Crippen LogP contribution is -2.30. The van der Waals surface area contributed by atoms with Crippen molar-refractivity contribution in [1.82, 2.24) is 14.9 Å². The summed E-state index contributed by atoms with van der Waals surface area (Å²) in [7, 11) is 1.99. The van der Waals surface area contributed by atoms with Crippen molar-refractivity contribution < 1.29 is 14.3 Å². The maximum atomic E-state index is 13.0. The number of fused-ring (bicyclic) bond motifs is 2. The van der Waals surface area contributed by atoms with Gasteiger partial charge < -0.3 is 15.0 Å². The molecule has 3 heterocycles. The Morgan fingerprint density at radius 3 is 2.87 bits per heavy atom. The Hall–Kier alpha value is -2.74. The van der Waals surface area contributed by atoms with E-state index >= 15 is 0 Å². The lowest BCUT2D eigenvalue weighted by Gasteiger charge is -2.26. The van der Waals surface area contributed by atoms with E-state index in [1.165, 1.54) is 12.3 Å². The van der Waals surface area contributed by atoms with Gasteiger partial charge in [0, 0.05) is 42.4 Å². The molecular weight excluding hydrogens is 427 g/mol. The molecule has 0 bridgehead atoms. The number of anilines is 1.